The average molecular weight is 538 g/mol. The lowest BCUT2D eigenvalue weighted by Crippen LogP contribution is -2.49. The van der Waals surface area contributed by atoms with E-state index in [1.165, 1.54) is 38.5 Å². The lowest BCUT2D eigenvalue weighted by Gasteiger charge is -2.44. The Kier molecular flexibility index (Phi) is 8.27. The lowest BCUT2D eigenvalue weighted by atomic mass is 9.78. The largest absolute Gasteiger partial charge is 0.451 e. The molecule has 1 saturated heterocycles. The zero-order chi connectivity index (χ0) is 19.9. The van der Waals surface area contributed by atoms with Gasteiger partial charge in [-0.3, -0.25) is 4.79 Å². The topological polar surface area (TPSA) is 46.3 Å². The SMILES string of the molecule is O=C(c1csc(-c2cocn2)c1)N1CCCC2CCCCC21.[2H]C(C)SSI. The van der Waals surface area contributed by atoms with Crippen LogP contribution in [0.2, 0.25) is 0 Å². The molecule has 1 amide bonds. The van der Waals surface area contributed by atoms with E-state index >= 15 is 0 Å². The summed E-state index contributed by atoms with van der Waals surface area (Å²) in [6, 6.07) is 2.42. The molecule has 4 rings (SSSR count). The van der Waals surface area contributed by atoms with E-state index in [1.54, 1.807) is 36.4 Å². The molecule has 4 nitrogen and oxygen atoms in total. The highest BCUT2D eigenvalue weighted by atomic mass is 127. The molecule has 2 fully saturated rings. The van der Waals surface area contributed by atoms with Gasteiger partial charge in [-0.1, -0.05) is 30.6 Å². The van der Waals surface area contributed by atoms with Gasteiger partial charge in [-0.25, -0.2) is 4.98 Å². The van der Waals surface area contributed by atoms with Gasteiger partial charge in [-0.2, -0.15) is 0 Å². The first-order valence-electron chi connectivity index (χ1n) is 9.82. The summed E-state index contributed by atoms with van der Waals surface area (Å²) in [5.41, 5.74) is 1.62. The molecule has 2 aromatic heterocycles. The minimum Gasteiger partial charge on any atom is -0.451 e. The zero-order valence-corrected chi connectivity index (χ0v) is 19.9. The summed E-state index contributed by atoms with van der Waals surface area (Å²) < 4.78 is 11.9. The molecule has 8 heteroatoms. The third-order valence-corrected chi connectivity index (χ3v) is 9.05. The lowest BCUT2D eigenvalue weighted by molar-refractivity contribution is 0.0391. The molecule has 148 valence electrons. The Balaban J connectivity index is 0.000000330. The van der Waals surface area contributed by atoms with Crippen LogP contribution < -0.4 is 0 Å². The summed E-state index contributed by atoms with van der Waals surface area (Å²) >= 11 is 3.72. The number of hydrogen-bond donors (Lipinski definition) is 0. The highest BCUT2D eigenvalue weighted by Gasteiger charge is 2.36. The van der Waals surface area contributed by atoms with Crippen LogP contribution in [0.5, 0.6) is 0 Å². The van der Waals surface area contributed by atoms with Crippen molar-refractivity contribution >= 4 is 57.2 Å². The number of carbonyl (C=O) groups is 1. The molecule has 2 aliphatic rings. The van der Waals surface area contributed by atoms with Crippen molar-refractivity contribution in [1.29, 1.82) is 0 Å². The normalized spacial score (nSPS) is 23.6. The number of thiophene rings is 1. The van der Waals surface area contributed by atoms with E-state index < -0.39 is 0 Å². The van der Waals surface area contributed by atoms with Crippen molar-refractivity contribution in [3.05, 3.63) is 29.7 Å². The van der Waals surface area contributed by atoms with Crippen LogP contribution in [0.3, 0.4) is 0 Å². The molecule has 1 aliphatic heterocycles. The van der Waals surface area contributed by atoms with Gasteiger partial charge < -0.3 is 9.32 Å². The Morgan fingerprint density at radius 2 is 2.26 bits per heavy atom. The molecular weight excluding hydrogens is 511 g/mol. The Labute approximate surface area is 186 Å². The molecule has 27 heavy (non-hydrogen) atoms. The number of halogens is 1. The fourth-order valence-corrected chi connectivity index (χ4v) is 6.99. The van der Waals surface area contributed by atoms with Crippen LogP contribution in [0.1, 0.15) is 57.2 Å². The number of fused-ring (bicyclic) bond motifs is 1. The number of aromatic nitrogens is 1. The molecule has 3 unspecified atom stereocenters. The number of oxazole rings is 1. The summed E-state index contributed by atoms with van der Waals surface area (Å²) in [5, 5.41) is 1.96. The third kappa shape index (κ3) is 5.67. The Morgan fingerprint density at radius 3 is 2.96 bits per heavy atom. The highest BCUT2D eigenvalue weighted by Crippen LogP contribution is 2.36. The zero-order valence-electron chi connectivity index (χ0n) is 16.3. The van der Waals surface area contributed by atoms with Crippen LogP contribution in [0.4, 0.5) is 0 Å². The molecule has 0 spiro atoms. The van der Waals surface area contributed by atoms with Crippen molar-refractivity contribution in [1.82, 2.24) is 9.88 Å². The van der Waals surface area contributed by atoms with E-state index in [0.717, 1.165) is 35.0 Å². The number of amides is 1. The second-order valence-electron chi connectivity index (χ2n) is 6.72. The predicted octanol–water partition coefficient (Wildman–Crippen LogP) is 6.94. The second kappa shape index (κ2) is 11.1. The molecular formula is C19H25IN2O2S3. The van der Waals surface area contributed by atoms with E-state index in [4.69, 9.17) is 5.79 Å². The summed E-state index contributed by atoms with van der Waals surface area (Å²) in [6.45, 7) is 2.77. The van der Waals surface area contributed by atoms with Gasteiger partial charge in [0, 0.05) is 46.3 Å². The molecule has 0 bridgehead atoms. The number of carbonyl (C=O) groups excluding carboxylic acids is 1. The molecule has 3 atom stereocenters. The van der Waals surface area contributed by atoms with E-state index in [0.29, 0.717) is 6.04 Å². The quantitative estimate of drug-likeness (QED) is 0.313. The molecule has 1 aliphatic carbocycles. The van der Waals surface area contributed by atoms with Gasteiger partial charge in [0.15, 0.2) is 6.39 Å². The van der Waals surface area contributed by atoms with E-state index in [2.05, 4.69) is 31.1 Å². The van der Waals surface area contributed by atoms with Crippen LogP contribution in [0.15, 0.2) is 28.5 Å². The van der Waals surface area contributed by atoms with Crippen molar-refractivity contribution in [2.24, 2.45) is 5.92 Å². The molecule has 0 N–H and O–H groups in total. The van der Waals surface area contributed by atoms with Gasteiger partial charge in [0.2, 0.25) is 0 Å². The van der Waals surface area contributed by atoms with Crippen LogP contribution in [0.25, 0.3) is 10.6 Å². The Bertz CT molecular complexity index is 739. The summed E-state index contributed by atoms with van der Waals surface area (Å²) in [7, 11) is 3.16. The van der Waals surface area contributed by atoms with Crippen molar-refractivity contribution in [3.63, 3.8) is 0 Å². The van der Waals surface area contributed by atoms with Crippen molar-refractivity contribution < 1.29 is 10.6 Å². The second-order valence-corrected chi connectivity index (χ2v) is 12.6. The van der Waals surface area contributed by atoms with Crippen molar-refractivity contribution in [2.45, 2.75) is 51.5 Å². The Hall–Kier alpha value is -0.190. The van der Waals surface area contributed by atoms with Gasteiger partial charge in [-0.15, -0.1) is 11.3 Å². The van der Waals surface area contributed by atoms with Crippen LogP contribution in [-0.4, -0.2) is 34.1 Å². The predicted molar refractivity (Wildman–Crippen MR) is 126 cm³/mol. The molecule has 0 aromatic carbocycles. The van der Waals surface area contributed by atoms with Crippen LogP contribution in [0, 0.1) is 5.92 Å². The molecule has 0 radical (unpaired) electrons. The number of piperidine rings is 1. The first-order valence-corrected chi connectivity index (χ1v) is 14.9. The molecule has 3 heterocycles. The smallest absolute Gasteiger partial charge is 0.254 e. The minimum atomic E-state index is 0.0203. The highest BCUT2D eigenvalue weighted by molar-refractivity contribution is 14.2. The number of nitrogens with zero attached hydrogens (tertiary/aromatic N) is 2. The monoisotopic (exact) mass is 537 g/mol. The van der Waals surface area contributed by atoms with Gasteiger partial charge in [0.25, 0.3) is 5.91 Å². The van der Waals surface area contributed by atoms with Crippen LogP contribution >= 0.6 is 51.3 Å². The van der Waals surface area contributed by atoms with Crippen molar-refractivity contribution in [3.8, 4) is 10.6 Å². The maximum absolute atomic E-state index is 12.9. The number of hydrogen-bond acceptors (Lipinski definition) is 6. The van der Waals surface area contributed by atoms with E-state index in [9.17, 15) is 4.79 Å². The minimum absolute atomic E-state index is 0.0203. The summed E-state index contributed by atoms with van der Waals surface area (Å²) in [4.78, 5) is 20.2. The fourth-order valence-electron chi connectivity index (χ4n) is 4.00. The van der Waals surface area contributed by atoms with Crippen molar-refractivity contribution in [2.75, 3.05) is 12.3 Å². The van der Waals surface area contributed by atoms with Gasteiger partial charge in [0.1, 0.15) is 12.0 Å². The first-order chi connectivity index (χ1) is 13.6. The van der Waals surface area contributed by atoms with E-state index in [1.807, 2.05) is 18.4 Å². The van der Waals surface area contributed by atoms with Crippen LogP contribution in [-0.2, 0) is 0 Å². The standard InChI is InChI=1S/C17H20N2O2S.C2H5IS2/c20-17(13-8-16(22-10-13)14-9-21-11-18-14)19-7-3-5-12-4-1-2-6-15(12)19;1-2-4-5-3/h8-12,15H,1-7H2;2H2,1H3/i;2D. The summed E-state index contributed by atoms with van der Waals surface area (Å²) in [6.07, 6.45) is 10.6. The Morgan fingerprint density at radius 1 is 1.44 bits per heavy atom. The average Bonchev–Trinajstić information content (AvgIpc) is 3.39. The third-order valence-electron chi connectivity index (χ3n) is 5.17. The maximum atomic E-state index is 12.9. The van der Waals surface area contributed by atoms with E-state index in [-0.39, 0.29) is 11.6 Å². The van der Waals surface area contributed by atoms with Gasteiger partial charge in [-0.05, 0) is 45.6 Å². The number of likely N-dealkylation sites (tertiary alicyclic amines) is 1. The first kappa shape index (κ1) is 20.1. The van der Waals surface area contributed by atoms with Gasteiger partial charge >= 0.3 is 0 Å². The number of rotatable bonds is 4. The van der Waals surface area contributed by atoms with Gasteiger partial charge in [0.05, 0.1) is 10.4 Å². The molecule has 2 aromatic rings. The summed E-state index contributed by atoms with van der Waals surface area (Å²) in [5.74, 6) is 0.919. The maximum Gasteiger partial charge on any atom is 0.254 e. The fraction of sp³-hybridized carbons (Fsp3) is 0.579. The molecule has 1 saturated carbocycles.